The number of unbranched alkanes of at least 4 members (excludes halogenated alkanes) is 3. The van der Waals surface area contributed by atoms with Crippen LogP contribution in [-0.2, 0) is 22.1 Å². The van der Waals surface area contributed by atoms with Crippen molar-refractivity contribution in [3.63, 3.8) is 0 Å². The van der Waals surface area contributed by atoms with E-state index in [1.165, 1.54) is 31.7 Å². The minimum absolute atomic E-state index is 0.00133. The molecule has 0 heterocycles. The normalized spacial score (nSPS) is 19.9. The number of rotatable bonds is 15. The van der Waals surface area contributed by atoms with Gasteiger partial charge in [0.05, 0.1) is 11.7 Å². The van der Waals surface area contributed by atoms with Crippen molar-refractivity contribution in [1.29, 1.82) is 0 Å². The first kappa shape index (κ1) is 26.7. The number of ether oxygens (including phenoxy) is 1. The van der Waals surface area contributed by atoms with E-state index in [1.807, 2.05) is 6.92 Å². The molecular weight excluding hydrogens is 417 g/mol. The molecule has 2 unspecified atom stereocenters. The number of carbonyl (C=O) groups is 1. The summed E-state index contributed by atoms with van der Waals surface area (Å²) >= 11 is 0. The van der Waals surface area contributed by atoms with Crippen molar-refractivity contribution in [3.05, 3.63) is 35.4 Å². The van der Waals surface area contributed by atoms with Gasteiger partial charge in [-0.05, 0) is 62.5 Å². The number of alkyl halides is 3. The summed E-state index contributed by atoms with van der Waals surface area (Å²) in [7, 11) is 0. The molecule has 1 N–H and O–H groups in total. The van der Waals surface area contributed by atoms with Crippen LogP contribution < -0.4 is 0 Å². The van der Waals surface area contributed by atoms with E-state index in [1.54, 1.807) is 12.1 Å². The third kappa shape index (κ3) is 9.51. The van der Waals surface area contributed by atoms with E-state index in [2.05, 4.69) is 0 Å². The SMILES string of the molecule is CCOC(CCc1ccccc1C(F)(F)F)CCC1CCC[C@@H]1CCCCCCC(=O)O. The predicted molar refractivity (Wildman–Crippen MR) is 121 cm³/mol. The van der Waals surface area contributed by atoms with Crippen LogP contribution in [0.5, 0.6) is 0 Å². The average Bonchev–Trinajstić information content (AvgIpc) is 3.19. The van der Waals surface area contributed by atoms with Gasteiger partial charge in [-0.15, -0.1) is 0 Å². The maximum absolute atomic E-state index is 13.3. The molecule has 0 amide bonds. The summed E-state index contributed by atoms with van der Waals surface area (Å²) in [6.45, 7) is 2.52. The topological polar surface area (TPSA) is 46.5 Å². The molecule has 0 spiro atoms. The highest BCUT2D eigenvalue weighted by atomic mass is 19.4. The quantitative estimate of drug-likeness (QED) is 0.276. The van der Waals surface area contributed by atoms with Gasteiger partial charge in [0.25, 0.3) is 0 Å². The summed E-state index contributed by atoms with van der Waals surface area (Å²) in [5, 5.41) is 8.71. The second-order valence-electron chi connectivity index (χ2n) is 9.15. The summed E-state index contributed by atoms with van der Waals surface area (Å²) in [5.74, 6) is 0.689. The van der Waals surface area contributed by atoms with Crippen LogP contribution in [0.1, 0.15) is 95.1 Å². The van der Waals surface area contributed by atoms with Crippen molar-refractivity contribution in [2.45, 2.75) is 103 Å². The molecule has 0 aliphatic heterocycles. The minimum atomic E-state index is -4.32. The number of halogens is 3. The molecule has 1 saturated carbocycles. The highest BCUT2D eigenvalue weighted by Crippen LogP contribution is 2.39. The van der Waals surface area contributed by atoms with Crippen molar-refractivity contribution in [3.8, 4) is 0 Å². The molecule has 182 valence electrons. The van der Waals surface area contributed by atoms with Gasteiger partial charge in [0.15, 0.2) is 0 Å². The number of benzene rings is 1. The number of aliphatic carboxylic acids is 1. The smallest absolute Gasteiger partial charge is 0.416 e. The van der Waals surface area contributed by atoms with Crippen molar-refractivity contribution in [2.24, 2.45) is 11.8 Å². The average molecular weight is 457 g/mol. The first-order chi connectivity index (χ1) is 15.3. The van der Waals surface area contributed by atoms with Crippen LogP contribution in [0.15, 0.2) is 24.3 Å². The van der Waals surface area contributed by atoms with Crippen LogP contribution in [0.25, 0.3) is 0 Å². The monoisotopic (exact) mass is 456 g/mol. The van der Waals surface area contributed by atoms with Crippen LogP contribution in [-0.4, -0.2) is 23.8 Å². The number of aryl methyl sites for hydroxylation is 1. The summed E-state index contributed by atoms with van der Waals surface area (Å²) < 4.78 is 45.7. The lowest BCUT2D eigenvalue weighted by molar-refractivity contribution is -0.138. The summed E-state index contributed by atoms with van der Waals surface area (Å²) in [6, 6.07) is 5.86. The van der Waals surface area contributed by atoms with E-state index in [-0.39, 0.29) is 12.5 Å². The Morgan fingerprint density at radius 3 is 2.44 bits per heavy atom. The maximum Gasteiger partial charge on any atom is 0.416 e. The molecule has 1 aromatic rings. The molecule has 32 heavy (non-hydrogen) atoms. The van der Waals surface area contributed by atoms with E-state index >= 15 is 0 Å². The van der Waals surface area contributed by atoms with Gasteiger partial charge in [0.1, 0.15) is 0 Å². The summed E-state index contributed by atoms with van der Waals surface area (Å²) in [6.07, 6.45) is 7.87. The van der Waals surface area contributed by atoms with Gasteiger partial charge < -0.3 is 9.84 Å². The molecule has 1 fully saturated rings. The van der Waals surface area contributed by atoms with E-state index in [0.717, 1.165) is 50.5 Å². The second-order valence-corrected chi connectivity index (χ2v) is 9.15. The van der Waals surface area contributed by atoms with Gasteiger partial charge in [-0.25, -0.2) is 0 Å². The Kier molecular flexibility index (Phi) is 11.6. The third-order valence-electron chi connectivity index (χ3n) is 6.85. The van der Waals surface area contributed by atoms with Crippen LogP contribution in [0.2, 0.25) is 0 Å². The Labute approximate surface area is 190 Å². The van der Waals surface area contributed by atoms with Crippen molar-refractivity contribution in [2.75, 3.05) is 6.61 Å². The lowest BCUT2D eigenvalue weighted by atomic mass is 9.86. The fraction of sp³-hybridized carbons (Fsp3) is 0.731. The molecule has 0 radical (unpaired) electrons. The van der Waals surface area contributed by atoms with Crippen LogP contribution in [0, 0.1) is 11.8 Å². The first-order valence-corrected chi connectivity index (χ1v) is 12.3. The zero-order valence-electron chi connectivity index (χ0n) is 19.3. The van der Waals surface area contributed by atoms with Gasteiger partial charge in [-0.1, -0.05) is 63.1 Å². The number of carboxylic acids is 1. The van der Waals surface area contributed by atoms with Gasteiger partial charge in [-0.2, -0.15) is 13.2 Å². The van der Waals surface area contributed by atoms with Crippen molar-refractivity contribution >= 4 is 5.97 Å². The van der Waals surface area contributed by atoms with Gasteiger partial charge in [0.2, 0.25) is 0 Å². The molecule has 2 rings (SSSR count). The zero-order valence-corrected chi connectivity index (χ0v) is 19.3. The Hall–Kier alpha value is -1.56. The number of hydrogen-bond acceptors (Lipinski definition) is 2. The van der Waals surface area contributed by atoms with Crippen LogP contribution >= 0.6 is 0 Å². The lowest BCUT2D eigenvalue weighted by Crippen LogP contribution is -2.18. The fourth-order valence-corrected chi connectivity index (χ4v) is 5.19. The maximum atomic E-state index is 13.3. The molecule has 1 aliphatic carbocycles. The molecule has 1 aliphatic rings. The van der Waals surface area contributed by atoms with E-state index in [0.29, 0.717) is 30.9 Å². The van der Waals surface area contributed by atoms with E-state index in [9.17, 15) is 18.0 Å². The number of hydrogen-bond donors (Lipinski definition) is 1. The Morgan fingerprint density at radius 1 is 1.06 bits per heavy atom. The first-order valence-electron chi connectivity index (χ1n) is 12.3. The van der Waals surface area contributed by atoms with Gasteiger partial charge in [-0.3, -0.25) is 4.79 Å². The predicted octanol–water partition coefficient (Wildman–Crippen LogP) is 7.66. The second kappa shape index (κ2) is 13.9. The molecule has 0 aromatic heterocycles. The minimum Gasteiger partial charge on any atom is -0.481 e. The molecule has 0 saturated heterocycles. The van der Waals surface area contributed by atoms with Crippen LogP contribution in [0.3, 0.4) is 0 Å². The molecule has 6 heteroatoms. The largest absolute Gasteiger partial charge is 0.481 e. The van der Waals surface area contributed by atoms with E-state index in [4.69, 9.17) is 9.84 Å². The highest BCUT2D eigenvalue weighted by molar-refractivity contribution is 5.66. The third-order valence-corrected chi connectivity index (χ3v) is 6.85. The lowest BCUT2D eigenvalue weighted by Gasteiger charge is -2.23. The Balaban J connectivity index is 1.77. The molecule has 1 aromatic carbocycles. The Morgan fingerprint density at radius 2 is 1.75 bits per heavy atom. The summed E-state index contributed by atoms with van der Waals surface area (Å²) in [4.78, 5) is 10.6. The highest BCUT2D eigenvalue weighted by Gasteiger charge is 2.33. The standard InChI is InChI=1S/C26H39F3O3/c1-2-32-23(19-17-22-11-7-8-14-24(22)26(27,28)29)18-16-21-13-9-12-20(21)10-5-3-4-6-15-25(30)31/h7-8,11,14,20-21,23H,2-6,9-10,12-13,15-19H2,1H3,(H,30,31)/t20-,21?,23?/m0/s1. The zero-order chi connectivity index (χ0) is 23.4. The van der Waals surface area contributed by atoms with Gasteiger partial charge in [0, 0.05) is 13.0 Å². The van der Waals surface area contributed by atoms with Crippen LogP contribution in [0.4, 0.5) is 13.2 Å². The molecular formula is C26H39F3O3. The van der Waals surface area contributed by atoms with Gasteiger partial charge >= 0.3 is 12.1 Å². The van der Waals surface area contributed by atoms with Crippen molar-refractivity contribution < 1.29 is 27.8 Å². The molecule has 3 nitrogen and oxygen atoms in total. The molecule has 3 atom stereocenters. The summed E-state index contributed by atoms with van der Waals surface area (Å²) in [5.41, 5.74) is -0.180. The van der Waals surface area contributed by atoms with Crippen molar-refractivity contribution in [1.82, 2.24) is 0 Å². The number of carboxylic acid groups (broad SMARTS) is 1. The van der Waals surface area contributed by atoms with E-state index < -0.39 is 17.7 Å². The molecule has 0 bridgehead atoms. The fourth-order valence-electron chi connectivity index (χ4n) is 5.19. The Bertz CT molecular complexity index is 675.